The molecule has 2 aromatic rings. The number of aromatic amines is 1. The standard InChI is InChI=1S/C16H13FN4O2/c1-2-5-23-13-6-9(17)3-4-10(13)14-11(7-18)15(20)21-16(22)12(14)8-19/h3-4,6H,2,5H2,1H3,(H3,20,21,22). The first-order valence-corrected chi connectivity index (χ1v) is 6.82. The van der Waals surface area contributed by atoms with E-state index in [0.29, 0.717) is 13.0 Å². The Morgan fingerprint density at radius 2 is 2.00 bits per heavy atom. The van der Waals surface area contributed by atoms with E-state index in [9.17, 15) is 19.7 Å². The van der Waals surface area contributed by atoms with Crippen LogP contribution in [0, 0.1) is 28.5 Å². The fourth-order valence-corrected chi connectivity index (χ4v) is 2.15. The highest BCUT2D eigenvalue weighted by Gasteiger charge is 2.21. The second-order valence-electron chi connectivity index (χ2n) is 4.71. The maximum absolute atomic E-state index is 13.5. The molecule has 0 atom stereocenters. The molecule has 23 heavy (non-hydrogen) atoms. The van der Waals surface area contributed by atoms with Crippen molar-refractivity contribution in [2.75, 3.05) is 12.3 Å². The van der Waals surface area contributed by atoms with E-state index in [1.165, 1.54) is 6.07 Å². The third-order valence-electron chi connectivity index (χ3n) is 3.14. The van der Waals surface area contributed by atoms with Crippen LogP contribution in [0.2, 0.25) is 0 Å². The van der Waals surface area contributed by atoms with Crippen LogP contribution in [0.1, 0.15) is 24.5 Å². The summed E-state index contributed by atoms with van der Waals surface area (Å²) in [5.41, 5.74) is 4.93. The van der Waals surface area contributed by atoms with Crippen LogP contribution < -0.4 is 16.0 Å². The van der Waals surface area contributed by atoms with Gasteiger partial charge in [0, 0.05) is 17.2 Å². The van der Waals surface area contributed by atoms with Crippen molar-refractivity contribution < 1.29 is 9.13 Å². The molecule has 0 aliphatic carbocycles. The summed E-state index contributed by atoms with van der Waals surface area (Å²) in [5, 5.41) is 18.6. The summed E-state index contributed by atoms with van der Waals surface area (Å²) >= 11 is 0. The highest BCUT2D eigenvalue weighted by Crippen LogP contribution is 2.35. The molecular weight excluding hydrogens is 299 g/mol. The molecule has 6 nitrogen and oxygen atoms in total. The van der Waals surface area contributed by atoms with Crippen molar-refractivity contribution in [3.63, 3.8) is 0 Å². The van der Waals surface area contributed by atoms with E-state index in [0.717, 1.165) is 12.1 Å². The highest BCUT2D eigenvalue weighted by molar-refractivity contribution is 5.83. The second-order valence-corrected chi connectivity index (χ2v) is 4.71. The lowest BCUT2D eigenvalue weighted by Crippen LogP contribution is -2.16. The van der Waals surface area contributed by atoms with E-state index in [1.54, 1.807) is 6.07 Å². The molecule has 3 N–H and O–H groups in total. The van der Waals surface area contributed by atoms with Crippen LogP contribution >= 0.6 is 0 Å². The number of anilines is 1. The zero-order valence-electron chi connectivity index (χ0n) is 12.3. The summed E-state index contributed by atoms with van der Waals surface area (Å²) in [6, 6.07) is 7.29. The number of benzene rings is 1. The Morgan fingerprint density at radius 1 is 1.30 bits per heavy atom. The number of nitrogens with one attached hydrogen (secondary N) is 1. The summed E-state index contributed by atoms with van der Waals surface area (Å²) in [6.45, 7) is 2.20. The molecule has 0 saturated carbocycles. The van der Waals surface area contributed by atoms with Gasteiger partial charge in [0.15, 0.2) is 0 Å². The molecule has 1 aromatic heterocycles. The fourth-order valence-electron chi connectivity index (χ4n) is 2.15. The number of hydrogen-bond donors (Lipinski definition) is 2. The van der Waals surface area contributed by atoms with Gasteiger partial charge in [0.25, 0.3) is 5.56 Å². The van der Waals surface area contributed by atoms with Gasteiger partial charge in [-0.2, -0.15) is 10.5 Å². The van der Waals surface area contributed by atoms with Crippen molar-refractivity contribution >= 4 is 5.82 Å². The number of ether oxygens (including phenoxy) is 1. The molecule has 0 aliphatic heterocycles. The number of pyridine rings is 1. The monoisotopic (exact) mass is 312 g/mol. The summed E-state index contributed by atoms with van der Waals surface area (Å²) in [7, 11) is 0. The van der Waals surface area contributed by atoms with Gasteiger partial charge >= 0.3 is 0 Å². The molecule has 1 aromatic carbocycles. The molecule has 0 aliphatic rings. The van der Waals surface area contributed by atoms with Crippen LogP contribution in [0.25, 0.3) is 11.1 Å². The van der Waals surface area contributed by atoms with Crippen LogP contribution in [0.15, 0.2) is 23.0 Å². The number of nitrogens with two attached hydrogens (primary N) is 1. The first kappa shape index (κ1) is 16.1. The van der Waals surface area contributed by atoms with Gasteiger partial charge in [0.1, 0.15) is 40.6 Å². The Hall–Kier alpha value is -3.32. The second kappa shape index (κ2) is 6.63. The van der Waals surface area contributed by atoms with E-state index in [2.05, 4.69) is 4.98 Å². The number of halogens is 1. The van der Waals surface area contributed by atoms with E-state index >= 15 is 0 Å². The molecule has 2 rings (SSSR count). The van der Waals surface area contributed by atoms with Gasteiger partial charge in [-0.25, -0.2) is 4.39 Å². The molecule has 0 radical (unpaired) electrons. The van der Waals surface area contributed by atoms with Gasteiger partial charge in [-0.05, 0) is 18.6 Å². The maximum atomic E-state index is 13.5. The highest BCUT2D eigenvalue weighted by atomic mass is 19.1. The fraction of sp³-hybridized carbons (Fsp3) is 0.188. The molecule has 0 spiro atoms. The largest absolute Gasteiger partial charge is 0.493 e. The molecule has 0 bridgehead atoms. The minimum absolute atomic E-state index is 0.0438. The number of H-pyrrole nitrogens is 1. The third kappa shape index (κ3) is 2.99. The zero-order chi connectivity index (χ0) is 17.0. The Bertz CT molecular complexity index is 891. The SMILES string of the molecule is CCCOc1cc(F)ccc1-c1c(C#N)c(N)[nH]c(=O)c1C#N. The van der Waals surface area contributed by atoms with Gasteiger partial charge in [0.2, 0.25) is 0 Å². The van der Waals surface area contributed by atoms with Gasteiger partial charge in [-0.1, -0.05) is 6.92 Å². The maximum Gasteiger partial charge on any atom is 0.268 e. The van der Waals surface area contributed by atoms with E-state index < -0.39 is 11.4 Å². The minimum atomic E-state index is -0.718. The van der Waals surface area contributed by atoms with Gasteiger partial charge in [-0.15, -0.1) is 0 Å². The quantitative estimate of drug-likeness (QED) is 0.898. The molecule has 0 saturated heterocycles. The van der Waals surface area contributed by atoms with E-state index in [-0.39, 0.29) is 33.8 Å². The summed E-state index contributed by atoms with van der Waals surface area (Å²) < 4.78 is 19.0. The predicted octanol–water partition coefficient (Wildman–Crippen LogP) is 2.30. The van der Waals surface area contributed by atoms with Crippen molar-refractivity contribution in [1.82, 2.24) is 4.98 Å². The van der Waals surface area contributed by atoms with Crippen molar-refractivity contribution in [3.05, 3.63) is 45.5 Å². The number of hydrogen-bond acceptors (Lipinski definition) is 5. The Labute approximate surface area is 131 Å². The van der Waals surface area contributed by atoms with Crippen molar-refractivity contribution in [3.8, 4) is 29.0 Å². The van der Waals surface area contributed by atoms with Crippen molar-refractivity contribution in [2.24, 2.45) is 0 Å². The van der Waals surface area contributed by atoms with E-state index in [4.69, 9.17) is 10.5 Å². The summed E-state index contributed by atoms with van der Waals surface area (Å²) in [6.07, 6.45) is 0.684. The van der Waals surface area contributed by atoms with Crippen molar-refractivity contribution in [1.29, 1.82) is 10.5 Å². The Kier molecular flexibility index (Phi) is 4.63. The van der Waals surface area contributed by atoms with Crippen molar-refractivity contribution in [2.45, 2.75) is 13.3 Å². The average molecular weight is 312 g/mol. The first-order valence-electron chi connectivity index (χ1n) is 6.82. The number of aromatic nitrogens is 1. The number of rotatable bonds is 4. The van der Waals surface area contributed by atoms with Crippen LogP contribution in [0.5, 0.6) is 5.75 Å². The Morgan fingerprint density at radius 3 is 2.61 bits per heavy atom. The van der Waals surface area contributed by atoms with Crippen LogP contribution in [0.3, 0.4) is 0 Å². The number of nitrogens with zero attached hydrogens (tertiary/aromatic N) is 2. The van der Waals surface area contributed by atoms with Crippen LogP contribution in [0.4, 0.5) is 10.2 Å². The molecule has 0 amide bonds. The smallest absolute Gasteiger partial charge is 0.268 e. The zero-order valence-corrected chi connectivity index (χ0v) is 12.3. The summed E-state index contributed by atoms with van der Waals surface area (Å²) in [5.74, 6) is -0.545. The lowest BCUT2D eigenvalue weighted by molar-refractivity contribution is 0.317. The topological polar surface area (TPSA) is 116 Å². The van der Waals surface area contributed by atoms with Gasteiger partial charge in [-0.3, -0.25) is 4.79 Å². The minimum Gasteiger partial charge on any atom is -0.493 e. The molecule has 0 unspecified atom stereocenters. The van der Waals surface area contributed by atoms with Gasteiger partial charge in [0.05, 0.1) is 6.61 Å². The lowest BCUT2D eigenvalue weighted by atomic mass is 9.96. The van der Waals surface area contributed by atoms with E-state index in [1.807, 2.05) is 13.0 Å². The Balaban J connectivity index is 2.84. The normalized spacial score (nSPS) is 9.91. The molecule has 0 fully saturated rings. The first-order chi connectivity index (χ1) is 11.0. The molecule has 1 heterocycles. The van der Waals surface area contributed by atoms with Crippen LogP contribution in [-0.2, 0) is 0 Å². The number of nitriles is 2. The lowest BCUT2D eigenvalue weighted by Gasteiger charge is -2.14. The molecule has 116 valence electrons. The number of nitrogen functional groups attached to an aromatic ring is 1. The molecular formula is C16H13FN4O2. The van der Waals surface area contributed by atoms with Crippen LogP contribution in [-0.4, -0.2) is 11.6 Å². The summed E-state index contributed by atoms with van der Waals surface area (Å²) in [4.78, 5) is 14.2. The van der Waals surface area contributed by atoms with Gasteiger partial charge < -0.3 is 15.5 Å². The third-order valence-corrected chi connectivity index (χ3v) is 3.14. The average Bonchev–Trinajstić information content (AvgIpc) is 2.52. The predicted molar refractivity (Wildman–Crippen MR) is 82.1 cm³/mol. The molecule has 7 heteroatoms.